The van der Waals surface area contributed by atoms with E-state index in [9.17, 15) is 14.4 Å². The van der Waals surface area contributed by atoms with Gasteiger partial charge in [-0.3, -0.25) is 9.59 Å². The van der Waals surface area contributed by atoms with Crippen LogP contribution in [0.3, 0.4) is 0 Å². The lowest BCUT2D eigenvalue weighted by Gasteiger charge is -2.11. The Morgan fingerprint density at radius 3 is 2.44 bits per heavy atom. The van der Waals surface area contributed by atoms with Crippen molar-refractivity contribution in [3.63, 3.8) is 0 Å². The summed E-state index contributed by atoms with van der Waals surface area (Å²) in [6, 6.07) is 14.6. The first kappa shape index (κ1) is 18.2. The number of carbonyl (C=O) groups is 2. The van der Waals surface area contributed by atoms with Crippen LogP contribution in [-0.4, -0.2) is 37.4 Å². The lowest BCUT2D eigenvalue weighted by atomic mass is 10.2. The molecule has 2 amide bonds. The highest BCUT2D eigenvalue weighted by atomic mass is 16.5. The highest BCUT2D eigenvalue weighted by Gasteiger charge is 2.09. The molecule has 138 valence electrons. The van der Waals surface area contributed by atoms with Crippen LogP contribution in [0.1, 0.15) is 10.4 Å². The molecule has 1 aromatic heterocycles. The number of benzene rings is 2. The van der Waals surface area contributed by atoms with Gasteiger partial charge >= 0.3 is 5.63 Å². The number of anilines is 1. The molecule has 7 nitrogen and oxygen atoms in total. The van der Waals surface area contributed by atoms with Crippen LogP contribution in [0.5, 0.6) is 5.75 Å². The second-order valence-electron chi connectivity index (χ2n) is 6.07. The van der Waals surface area contributed by atoms with Gasteiger partial charge in [0.15, 0.2) is 6.61 Å². The van der Waals surface area contributed by atoms with Crippen LogP contribution in [0, 0.1) is 0 Å². The van der Waals surface area contributed by atoms with Gasteiger partial charge in [-0.2, -0.15) is 0 Å². The minimum absolute atomic E-state index is 0.112. The molecule has 0 aliphatic carbocycles. The predicted octanol–water partition coefficient (Wildman–Crippen LogP) is 2.51. The van der Waals surface area contributed by atoms with Crippen LogP contribution in [0.15, 0.2) is 63.8 Å². The average Bonchev–Trinajstić information content (AvgIpc) is 2.66. The fraction of sp³-hybridized carbons (Fsp3) is 0.150. The molecule has 2 aromatic carbocycles. The SMILES string of the molecule is CN(C)C(=O)c1ccc(NC(=O)COc2ccc3ccc(=O)oc3c2)cc1. The van der Waals surface area contributed by atoms with Crippen molar-refractivity contribution in [2.45, 2.75) is 0 Å². The van der Waals surface area contributed by atoms with E-state index in [1.807, 2.05) is 0 Å². The van der Waals surface area contributed by atoms with E-state index in [0.717, 1.165) is 5.39 Å². The minimum atomic E-state index is -0.450. The Kier molecular flexibility index (Phi) is 5.21. The number of hydrogen-bond acceptors (Lipinski definition) is 5. The zero-order valence-corrected chi connectivity index (χ0v) is 14.9. The maximum absolute atomic E-state index is 12.0. The van der Waals surface area contributed by atoms with Gasteiger partial charge in [0.05, 0.1) is 0 Å². The van der Waals surface area contributed by atoms with Crippen molar-refractivity contribution in [1.29, 1.82) is 0 Å². The summed E-state index contributed by atoms with van der Waals surface area (Å²) in [4.78, 5) is 36.6. The third kappa shape index (κ3) is 4.52. The minimum Gasteiger partial charge on any atom is -0.484 e. The summed E-state index contributed by atoms with van der Waals surface area (Å²) in [5.74, 6) is -0.0469. The van der Waals surface area contributed by atoms with E-state index in [1.54, 1.807) is 62.6 Å². The predicted molar refractivity (Wildman–Crippen MR) is 101 cm³/mol. The quantitative estimate of drug-likeness (QED) is 0.701. The highest BCUT2D eigenvalue weighted by Crippen LogP contribution is 2.19. The molecule has 0 saturated heterocycles. The number of ether oxygens (including phenoxy) is 1. The molecule has 0 spiro atoms. The number of nitrogens with one attached hydrogen (secondary N) is 1. The molecule has 3 rings (SSSR count). The van der Waals surface area contributed by atoms with Gasteiger partial charge in [-0.25, -0.2) is 4.79 Å². The zero-order valence-electron chi connectivity index (χ0n) is 14.9. The number of rotatable bonds is 5. The lowest BCUT2D eigenvalue weighted by molar-refractivity contribution is -0.118. The van der Waals surface area contributed by atoms with E-state index in [0.29, 0.717) is 22.6 Å². The van der Waals surface area contributed by atoms with Crippen molar-refractivity contribution >= 4 is 28.5 Å². The van der Waals surface area contributed by atoms with Gasteiger partial charge in [-0.05, 0) is 42.5 Å². The maximum Gasteiger partial charge on any atom is 0.336 e. The van der Waals surface area contributed by atoms with Gasteiger partial charge in [0, 0.05) is 42.9 Å². The van der Waals surface area contributed by atoms with Gasteiger partial charge in [0.25, 0.3) is 11.8 Å². The van der Waals surface area contributed by atoms with Crippen molar-refractivity contribution in [1.82, 2.24) is 4.90 Å². The number of nitrogens with zero attached hydrogens (tertiary/aromatic N) is 1. The average molecular weight is 366 g/mol. The van der Waals surface area contributed by atoms with E-state index in [-0.39, 0.29) is 18.4 Å². The Morgan fingerprint density at radius 2 is 1.74 bits per heavy atom. The molecule has 7 heteroatoms. The first-order valence-electron chi connectivity index (χ1n) is 8.21. The molecule has 1 heterocycles. The topological polar surface area (TPSA) is 88.9 Å². The van der Waals surface area contributed by atoms with Gasteiger partial charge in [-0.15, -0.1) is 0 Å². The number of fused-ring (bicyclic) bond motifs is 1. The van der Waals surface area contributed by atoms with Crippen LogP contribution in [0.4, 0.5) is 5.69 Å². The normalized spacial score (nSPS) is 10.4. The molecule has 0 saturated carbocycles. The smallest absolute Gasteiger partial charge is 0.336 e. The molecular weight excluding hydrogens is 348 g/mol. The number of hydrogen-bond donors (Lipinski definition) is 1. The fourth-order valence-electron chi connectivity index (χ4n) is 2.43. The summed E-state index contributed by atoms with van der Waals surface area (Å²) in [5, 5.41) is 3.45. The Hall–Kier alpha value is -3.61. The van der Waals surface area contributed by atoms with Crippen LogP contribution in [0.2, 0.25) is 0 Å². The monoisotopic (exact) mass is 366 g/mol. The van der Waals surface area contributed by atoms with Gasteiger partial charge in [0.1, 0.15) is 11.3 Å². The van der Waals surface area contributed by atoms with Gasteiger partial charge in [0.2, 0.25) is 0 Å². The van der Waals surface area contributed by atoms with Crippen LogP contribution < -0.4 is 15.7 Å². The maximum atomic E-state index is 12.0. The highest BCUT2D eigenvalue weighted by molar-refractivity contribution is 5.95. The van der Waals surface area contributed by atoms with Crippen LogP contribution in [0.25, 0.3) is 11.0 Å². The summed E-state index contributed by atoms with van der Waals surface area (Å²) in [6.45, 7) is -0.207. The third-order valence-corrected chi connectivity index (χ3v) is 3.79. The Labute approximate surface area is 155 Å². The van der Waals surface area contributed by atoms with Crippen molar-refractivity contribution in [3.05, 3.63) is 70.6 Å². The standard InChI is InChI=1S/C20H18N2O5/c1-22(2)20(25)14-3-7-15(8-4-14)21-18(23)12-26-16-9-5-13-6-10-19(24)27-17(13)11-16/h3-11H,12H2,1-2H3,(H,21,23). The molecule has 0 aliphatic heterocycles. The molecule has 0 radical (unpaired) electrons. The summed E-state index contributed by atoms with van der Waals surface area (Å²) in [5.41, 5.74) is 1.03. The van der Waals surface area contributed by atoms with Crippen LogP contribution >= 0.6 is 0 Å². The zero-order chi connectivity index (χ0) is 19.4. The Balaban J connectivity index is 1.59. The molecule has 0 aliphatic rings. The third-order valence-electron chi connectivity index (χ3n) is 3.79. The Bertz CT molecular complexity index is 1040. The molecule has 0 bridgehead atoms. The molecule has 27 heavy (non-hydrogen) atoms. The molecule has 0 atom stereocenters. The van der Waals surface area contributed by atoms with E-state index < -0.39 is 5.63 Å². The molecule has 1 N–H and O–H groups in total. The van der Waals surface area contributed by atoms with E-state index in [4.69, 9.17) is 9.15 Å². The van der Waals surface area contributed by atoms with Crippen molar-refractivity contribution in [2.75, 3.05) is 26.0 Å². The van der Waals surface area contributed by atoms with E-state index >= 15 is 0 Å². The first-order valence-corrected chi connectivity index (χ1v) is 8.21. The molecule has 3 aromatic rings. The van der Waals surface area contributed by atoms with Crippen molar-refractivity contribution in [2.24, 2.45) is 0 Å². The molecular formula is C20H18N2O5. The largest absolute Gasteiger partial charge is 0.484 e. The molecule has 0 fully saturated rings. The van der Waals surface area contributed by atoms with Crippen molar-refractivity contribution < 1.29 is 18.7 Å². The summed E-state index contributed by atoms with van der Waals surface area (Å²) >= 11 is 0. The number of carbonyl (C=O) groups excluding carboxylic acids is 2. The van der Waals surface area contributed by atoms with E-state index in [2.05, 4.69) is 5.32 Å². The summed E-state index contributed by atoms with van der Waals surface area (Å²) in [7, 11) is 3.35. The summed E-state index contributed by atoms with van der Waals surface area (Å²) < 4.78 is 10.5. The lowest BCUT2D eigenvalue weighted by Crippen LogP contribution is -2.22. The second-order valence-corrected chi connectivity index (χ2v) is 6.07. The molecule has 0 unspecified atom stereocenters. The first-order chi connectivity index (χ1) is 12.9. The number of amides is 2. The van der Waals surface area contributed by atoms with Gasteiger partial charge < -0.3 is 19.4 Å². The van der Waals surface area contributed by atoms with Crippen molar-refractivity contribution in [3.8, 4) is 5.75 Å². The fourth-order valence-corrected chi connectivity index (χ4v) is 2.43. The summed E-state index contributed by atoms with van der Waals surface area (Å²) in [6.07, 6.45) is 0. The van der Waals surface area contributed by atoms with Crippen LogP contribution in [-0.2, 0) is 4.79 Å². The van der Waals surface area contributed by atoms with E-state index in [1.165, 1.54) is 11.0 Å². The van der Waals surface area contributed by atoms with Gasteiger partial charge in [-0.1, -0.05) is 0 Å². The Morgan fingerprint density at radius 1 is 1.04 bits per heavy atom. The second kappa shape index (κ2) is 7.74.